The van der Waals surface area contributed by atoms with Crippen molar-refractivity contribution in [1.29, 1.82) is 0 Å². The van der Waals surface area contributed by atoms with Crippen molar-refractivity contribution in [1.82, 2.24) is 9.80 Å². The maximum Gasteiger partial charge on any atom is 0.233 e. The lowest BCUT2D eigenvalue weighted by atomic mass is 9.77. The van der Waals surface area contributed by atoms with Crippen molar-refractivity contribution in [3.8, 4) is 0 Å². The third-order valence-corrected chi connectivity index (χ3v) is 8.87. The van der Waals surface area contributed by atoms with Crippen LogP contribution in [0.2, 0.25) is 0 Å². The summed E-state index contributed by atoms with van der Waals surface area (Å²) in [7, 11) is -2.86. The fraction of sp³-hybridized carbons (Fsp3) is 0.650. The van der Waals surface area contributed by atoms with Gasteiger partial charge >= 0.3 is 0 Å². The lowest BCUT2D eigenvalue weighted by molar-refractivity contribution is -0.139. The monoisotopic (exact) mass is 454 g/mol. The molecule has 1 aromatic rings. The second kappa shape index (κ2) is 7.48. The first-order valence-corrected chi connectivity index (χ1v) is 12.5. The Bertz CT molecular complexity index is 795. The topological polar surface area (TPSA) is 57.7 Å². The molecule has 1 unspecified atom stereocenters. The molecule has 1 amide bonds. The standard InChI is InChI=1S/C20H27BrN2O3S/c21-17-5-3-16(4-6-17)20(8-1-2-9-20)19(24)23-12-10-22(11-13-23)18-7-14-27(25,26)15-18/h3-6,18H,1-2,7-15H2. The molecule has 148 valence electrons. The Labute approximate surface area is 170 Å². The minimum Gasteiger partial charge on any atom is -0.339 e. The molecule has 3 aliphatic rings. The second-order valence-corrected chi connectivity index (χ2v) is 11.3. The van der Waals surface area contributed by atoms with E-state index in [1.165, 1.54) is 0 Å². The quantitative estimate of drug-likeness (QED) is 0.703. The fourth-order valence-corrected chi connectivity index (χ4v) is 7.06. The first-order chi connectivity index (χ1) is 12.9. The smallest absolute Gasteiger partial charge is 0.233 e. The normalized spacial score (nSPS) is 27.7. The van der Waals surface area contributed by atoms with E-state index in [-0.39, 0.29) is 23.1 Å². The van der Waals surface area contributed by atoms with Gasteiger partial charge in [-0.05, 0) is 37.0 Å². The zero-order valence-corrected chi connectivity index (χ0v) is 18.0. The van der Waals surface area contributed by atoms with E-state index in [2.05, 4.69) is 33.0 Å². The van der Waals surface area contributed by atoms with Crippen molar-refractivity contribution >= 4 is 31.7 Å². The van der Waals surface area contributed by atoms with Gasteiger partial charge in [-0.15, -0.1) is 0 Å². The number of nitrogens with zero attached hydrogens (tertiary/aromatic N) is 2. The second-order valence-electron chi connectivity index (χ2n) is 8.18. The number of piperazine rings is 1. The van der Waals surface area contributed by atoms with Gasteiger partial charge in [0.1, 0.15) is 0 Å². The van der Waals surface area contributed by atoms with Gasteiger partial charge in [-0.2, -0.15) is 0 Å². The highest BCUT2D eigenvalue weighted by Gasteiger charge is 2.45. The first-order valence-electron chi connectivity index (χ1n) is 9.90. The van der Waals surface area contributed by atoms with Gasteiger partial charge < -0.3 is 4.90 Å². The molecule has 0 aromatic heterocycles. The number of benzene rings is 1. The number of carbonyl (C=O) groups excluding carboxylic acids is 1. The van der Waals surface area contributed by atoms with Crippen LogP contribution in [-0.2, 0) is 20.0 Å². The van der Waals surface area contributed by atoms with Gasteiger partial charge in [-0.1, -0.05) is 40.9 Å². The Morgan fingerprint density at radius 1 is 1.04 bits per heavy atom. The predicted molar refractivity (Wildman–Crippen MR) is 109 cm³/mol. The molecule has 0 bridgehead atoms. The molecule has 3 fully saturated rings. The summed E-state index contributed by atoms with van der Waals surface area (Å²) in [4.78, 5) is 17.8. The van der Waals surface area contributed by atoms with Crippen molar-refractivity contribution in [3.05, 3.63) is 34.3 Å². The van der Waals surface area contributed by atoms with Gasteiger partial charge in [0.05, 0.1) is 16.9 Å². The van der Waals surface area contributed by atoms with Crippen LogP contribution in [0.1, 0.15) is 37.7 Å². The van der Waals surface area contributed by atoms with Crippen LogP contribution in [0.5, 0.6) is 0 Å². The van der Waals surface area contributed by atoms with Crippen LogP contribution in [0.4, 0.5) is 0 Å². The number of rotatable bonds is 3. The molecule has 2 heterocycles. The van der Waals surface area contributed by atoms with Crippen molar-refractivity contribution < 1.29 is 13.2 Å². The zero-order valence-electron chi connectivity index (χ0n) is 15.6. The summed E-state index contributed by atoms with van der Waals surface area (Å²) >= 11 is 3.49. The Kier molecular flexibility index (Phi) is 5.38. The Morgan fingerprint density at radius 2 is 1.67 bits per heavy atom. The minimum atomic E-state index is -2.86. The highest BCUT2D eigenvalue weighted by Crippen LogP contribution is 2.43. The van der Waals surface area contributed by atoms with E-state index in [0.717, 1.165) is 55.2 Å². The number of carbonyl (C=O) groups is 1. The highest BCUT2D eigenvalue weighted by molar-refractivity contribution is 9.10. The summed E-state index contributed by atoms with van der Waals surface area (Å²) in [6, 6.07) is 8.38. The van der Waals surface area contributed by atoms with Gasteiger partial charge in [0, 0.05) is 36.7 Å². The maximum atomic E-state index is 13.5. The van der Waals surface area contributed by atoms with Gasteiger partial charge in [-0.3, -0.25) is 9.69 Å². The molecule has 2 aliphatic heterocycles. The van der Waals surface area contributed by atoms with E-state index in [1.807, 2.05) is 17.0 Å². The predicted octanol–water partition coefficient (Wildman–Crippen LogP) is 2.59. The summed E-state index contributed by atoms with van der Waals surface area (Å²) in [5.74, 6) is 0.855. The molecule has 27 heavy (non-hydrogen) atoms. The van der Waals surface area contributed by atoms with Crippen LogP contribution >= 0.6 is 15.9 Å². The Balaban J connectivity index is 1.45. The van der Waals surface area contributed by atoms with E-state index in [1.54, 1.807) is 0 Å². The van der Waals surface area contributed by atoms with Gasteiger partial charge in [-0.25, -0.2) is 8.42 Å². The number of sulfone groups is 1. The Hall–Kier alpha value is -0.920. The number of hydrogen-bond donors (Lipinski definition) is 0. The van der Waals surface area contributed by atoms with Crippen molar-refractivity contribution in [2.75, 3.05) is 37.7 Å². The lowest BCUT2D eigenvalue weighted by Gasteiger charge is -2.41. The lowest BCUT2D eigenvalue weighted by Crippen LogP contribution is -2.56. The van der Waals surface area contributed by atoms with E-state index in [4.69, 9.17) is 0 Å². The van der Waals surface area contributed by atoms with Gasteiger partial charge in [0.15, 0.2) is 9.84 Å². The van der Waals surface area contributed by atoms with Crippen molar-refractivity contribution in [2.24, 2.45) is 0 Å². The summed E-state index contributed by atoms with van der Waals surface area (Å²) in [5.41, 5.74) is 0.761. The first kappa shape index (κ1) is 19.4. The molecule has 0 spiro atoms. The van der Waals surface area contributed by atoms with E-state index >= 15 is 0 Å². The van der Waals surface area contributed by atoms with Crippen LogP contribution in [0.3, 0.4) is 0 Å². The third kappa shape index (κ3) is 3.83. The fourth-order valence-electron chi connectivity index (χ4n) is 5.03. The van der Waals surface area contributed by atoms with Crippen LogP contribution in [-0.4, -0.2) is 67.9 Å². The molecular formula is C20H27BrN2O3S. The number of hydrogen-bond acceptors (Lipinski definition) is 4. The highest BCUT2D eigenvalue weighted by atomic mass is 79.9. The molecule has 1 aromatic carbocycles. The van der Waals surface area contributed by atoms with Crippen LogP contribution in [0.25, 0.3) is 0 Å². The average molecular weight is 455 g/mol. The number of halogens is 1. The zero-order chi connectivity index (χ0) is 19.1. The number of amides is 1. The molecule has 2 saturated heterocycles. The molecule has 5 nitrogen and oxygen atoms in total. The SMILES string of the molecule is O=C(N1CCN(C2CCS(=O)(=O)C2)CC1)C1(c2ccc(Br)cc2)CCCC1. The molecule has 1 aliphatic carbocycles. The summed E-state index contributed by atoms with van der Waals surface area (Å²) in [5, 5.41) is 0. The van der Waals surface area contributed by atoms with E-state index < -0.39 is 9.84 Å². The molecule has 1 atom stereocenters. The molecule has 7 heteroatoms. The maximum absolute atomic E-state index is 13.5. The van der Waals surface area contributed by atoms with Crippen molar-refractivity contribution in [2.45, 2.75) is 43.6 Å². The molecular weight excluding hydrogens is 428 g/mol. The molecule has 1 saturated carbocycles. The minimum absolute atomic E-state index is 0.138. The van der Waals surface area contributed by atoms with Gasteiger partial charge in [0.25, 0.3) is 0 Å². The average Bonchev–Trinajstić information content (AvgIpc) is 3.29. The van der Waals surface area contributed by atoms with Crippen LogP contribution < -0.4 is 0 Å². The van der Waals surface area contributed by atoms with Crippen molar-refractivity contribution in [3.63, 3.8) is 0 Å². The Morgan fingerprint density at radius 3 is 2.22 bits per heavy atom. The molecule has 0 N–H and O–H groups in total. The van der Waals surface area contributed by atoms with Crippen LogP contribution in [0.15, 0.2) is 28.7 Å². The summed E-state index contributed by atoms with van der Waals surface area (Å²) in [6.07, 6.45) is 4.78. The van der Waals surface area contributed by atoms with Gasteiger partial charge in [0.2, 0.25) is 5.91 Å². The molecule has 0 radical (unpaired) electrons. The van der Waals surface area contributed by atoms with E-state index in [0.29, 0.717) is 18.8 Å². The largest absolute Gasteiger partial charge is 0.339 e. The molecule has 4 rings (SSSR count). The van der Waals surface area contributed by atoms with Crippen LogP contribution in [0, 0.1) is 0 Å². The summed E-state index contributed by atoms with van der Waals surface area (Å²) < 4.78 is 24.6. The third-order valence-electron chi connectivity index (χ3n) is 6.59. The summed E-state index contributed by atoms with van der Waals surface area (Å²) in [6.45, 7) is 2.96. The van der Waals surface area contributed by atoms with E-state index in [9.17, 15) is 13.2 Å².